The van der Waals surface area contributed by atoms with Gasteiger partial charge in [0, 0.05) is 19.1 Å². The lowest BCUT2D eigenvalue weighted by Crippen LogP contribution is -2.44. The molecule has 0 amide bonds. The zero-order valence-electron chi connectivity index (χ0n) is 14.0. The van der Waals surface area contributed by atoms with Gasteiger partial charge in [0.05, 0.1) is 14.2 Å². The molecule has 0 N–H and O–H groups in total. The summed E-state index contributed by atoms with van der Waals surface area (Å²) in [5.74, 6) is 1.63. The summed E-state index contributed by atoms with van der Waals surface area (Å²) in [7, 11) is 7.73. The number of ether oxygens (including phenoxy) is 2. The van der Waals surface area contributed by atoms with E-state index in [4.69, 9.17) is 9.47 Å². The second-order valence-corrected chi connectivity index (χ2v) is 6.13. The first-order valence-corrected chi connectivity index (χ1v) is 7.65. The maximum Gasteiger partial charge on any atom is 0.161 e. The first-order chi connectivity index (χ1) is 10.0. The Morgan fingerprint density at radius 3 is 2.48 bits per heavy atom. The van der Waals surface area contributed by atoms with Gasteiger partial charge < -0.3 is 14.4 Å². The highest BCUT2D eigenvalue weighted by atomic mass is 16.5. The zero-order chi connectivity index (χ0) is 15.4. The molecule has 2 rings (SSSR count). The molecule has 1 aliphatic rings. The molecular formula is C17H28N2O2. The fourth-order valence-electron chi connectivity index (χ4n) is 3.03. The van der Waals surface area contributed by atoms with Crippen LogP contribution in [0.2, 0.25) is 0 Å². The van der Waals surface area contributed by atoms with Crippen LogP contribution in [0.5, 0.6) is 11.5 Å². The van der Waals surface area contributed by atoms with Gasteiger partial charge in [-0.1, -0.05) is 0 Å². The fourth-order valence-corrected chi connectivity index (χ4v) is 3.03. The Bertz CT molecular complexity index is 474. The second kappa shape index (κ2) is 7.14. The van der Waals surface area contributed by atoms with Gasteiger partial charge in [-0.25, -0.2) is 0 Å². The zero-order valence-corrected chi connectivity index (χ0v) is 14.0. The van der Waals surface area contributed by atoms with Gasteiger partial charge in [0.15, 0.2) is 11.5 Å². The molecule has 1 fully saturated rings. The summed E-state index contributed by atoms with van der Waals surface area (Å²) in [6.07, 6.45) is 2.57. The van der Waals surface area contributed by atoms with Gasteiger partial charge in [-0.05, 0) is 63.7 Å². The van der Waals surface area contributed by atoms with Crippen LogP contribution in [0.1, 0.15) is 24.0 Å². The monoisotopic (exact) mass is 292 g/mol. The summed E-state index contributed by atoms with van der Waals surface area (Å²) in [5.41, 5.74) is 2.59. The van der Waals surface area contributed by atoms with Gasteiger partial charge in [-0.2, -0.15) is 0 Å². The van der Waals surface area contributed by atoms with E-state index in [0.29, 0.717) is 6.04 Å². The number of nitrogens with zero attached hydrogens (tertiary/aromatic N) is 2. The Morgan fingerprint density at radius 2 is 1.86 bits per heavy atom. The Balaban J connectivity index is 2.12. The van der Waals surface area contributed by atoms with Gasteiger partial charge in [-0.3, -0.25) is 4.90 Å². The largest absolute Gasteiger partial charge is 0.493 e. The molecule has 4 nitrogen and oxygen atoms in total. The molecule has 21 heavy (non-hydrogen) atoms. The van der Waals surface area contributed by atoms with Crippen molar-refractivity contribution < 1.29 is 9.47 Å². The van der Waals surface area contributed by atoms with E-state index in [0.717, 1.165) is 24.6 Å². The number of rotatable bonds is 5. The molecule has 118 valence electrons. The minimum atomic E-state index is 0.666. The molecule has 1 saturated heterocycles. The van der Waals surface area contributed by atoms with E-state index in [1.165, 1.54) is 30.5 Å². The normalized spacial score (nSPS) is 19.8. The molecule has 0 spiro atoms. The Kier molecular flexibility index (Phi) is 5.48. The van der Waals surface area contributed by atoms with E-state index in [1.807, 2.05) is 0 Å². The van der Waals surface area contributed by atoms with Crippen LogP contribution in [0, 0.1) is 6.92 Å². The van der Waals surface area contributed by atoms with Gasteiger partial charge in [0.2, 0.25) is 0 Å². The van der Waals surface area contributed by atoms with Gasteiger partial charge >= 0.3 is 0 Å². The van der Waals surface area contributed by atoms with Gasteiger partial charge in [0.25, 0.3) is 0 Å². The van der Waals surface area contributed by atoms with Crippen LogP contribution in [0.3, 0.4) is 0 Å². The van der Waals surface area contributed by atoms with Crippen molar-refractivity contribution >= 4 is 0 Å². The molecule has 0 bridgehead atoms. The predicted molar refractivity (Wildman–Crippen MR) is 86.3 cm³/mol. The van der Waals surface area contributed by atoms with E-state index >= 15 is 0 Å². The Hall–Kier alpha value is -1.26. The van der Waals surface area contributed by atoms with E-state index in [9.17, 15) is 0 Å². The number of methoxy groups -OCH3 is 2. The van der Waals surface area contributed by atoms with Crippen molar-refractivity contribution in [2.24, 2.45) is 0 Å². The van der Waals surface area contributed by atoms with Crippen LogP contribution in [0.15, 0.2) is 12.1 Å². The highest BCUT2D eigenvalue weighted by Gasteiger charge is 2.22. The molecule has 0 aromatic heterocycles. The smallest absolute Gasteiger partial charge is 0.161 e. The molecule has 4 heteroatoms. The van der Waals surface area contributed by atoms with E-state index in [-0.39, 0.29) is 0 Å². The predicted octanol–water partition coefficient (Wildman–Crippen LogP) is 2.54. The third-order valence-corrected chi connectivity index (χ3v) is 4.45. The number of likely N-dealkylation sites (N-methyl/N-ethyl adjacent to an activating group) is 1. The van der Waals surface area contributed by atoms with Crippen molar-refractivity contribution in [1.29, 1.82) is 0 Å². The van der Waals surface area contributed by atoms with Gasteiger partial charge in [-0.15, -0.1) is 0 Å². The lowest BCUT2D eigenvalue weighted by atomic mass is 10.0. The van der Waals surface area contributed by atoms with Crippen molar-refractivity contribution in [2.45, 2.75) is 32.4 Å². The van der Waals surface area contributed by atoms with Crippen molar-refractivity contribution in [2.75, 3.05) is 41.4 Å². The summed E-state index contributed by atoms with van der Waals surface area (Å²) < 4.78 is 10.8. The number of likely N-dealkylation sites (tertiary alicyclic amines) is 1. The Morgan fingerprint density at radius 1 is 1.19 bits per heavy atom. The molecular weight excluding hydrogens is 264 g/mol. The molecule has 0 unspecified atom stereocenters. The number of aryl methyl sites for hydroxylation is 1. The van der Waals surface area contributed by atoms with Crippen LogP contribution in [0.4, 0.5) is 0 Å². The highest BCUT2D eigenvalue weighted by Crippen LogP contribution is 2.31. The standard InChI is InChI=1S/C17H28N2O2/c1-13-9-16(20-4)17(21-5)10-14(13)11-19-8-6-7-15(12-19)18(2)3/h9-10,15H,6-8,11-12H2,1-5H3/t15-/m1/s1. The van der Waals surface area contributed by atoms with Crippen LogP contribution < -0.4 is 9.47 Å². The summed E-state index contributed by atoms with van der Waals surface area (Å²) in [6.45, 7) is 5.44. The van der Waals surface area contributed by atoms with Crippen molar-refractivity contribution in [3.8, 4) is 11.5 Å². The molecule has 0 saturated carbocycles. The van der Waals surface area contributed by atoms with Crippen LogP contribution in [-0.2, 0) is 6.54 Å². The average Bonchev–Trinajstić information content (AvgIpc) is 2.49. The number of hydrogen-bond acceptors (Lipinski definition) is 4. The average molecular weight is 292 g/mol. The van der Waals surface area contributed by atoms with Crippen LogP contribution >= 0.6 is 0 Å². The van der Waals surface area contributed by atoms with E-state index in [2.05, 4.69) is 43.0 Å². The number of hydrogen-bond donors (Lipinski definition) is 0. The SMILES string of the molecule is COc1cc(C)c(CN2CCC[C@@H](N(C)C)C2)cc1OC. The molecule has 1 atom stereocenters. The minimum Gasteiger partial charge on any atom is -0.493 e. The van der Waals surface area contributed by atoms with Crippen LogP contribution in [-0.4, -0.2) is 57.2 Å². The molecule has 1 aliphatic heterocycles. The third-order valence-electron chi connectivity index (χ3n) is 4.45. The summed E-state index contributed by atoms with van der Waals surface area (Å²) in [5, 5.41) is 0. The summed E-state index contributed by atoms with van der Waals surface area (Å²) in [6, 6.07) is 4.86. The Labute approximate surface area is 128 Å². The lowest BCUT2D eigenvalue weighted by molar-refractivity contribution is 0.127. The molecule has 1 aromatic rings. The second-order valence-electron chi connectivity index (χ2n) is 6.13. The van der Waals surface area contributed by atoms with Crippen LogP contribution in [0.25, 0.3) is 0 Å². The lowest BCUT2D eigenvalue weighted by Gasteiger charge is -2.36. The highest BCUT2D eigenvalue weighted by molar-refractivity contribution is 5.47. The maximum absolute atomic E-state index is 5.43. The molecule has 0 aliphatic carbocycles. The third kappa shape index (κ3) is 3.89. The minimum absolute atomic E-state index is 0.666. The molecule has 1 heterocycles. The summed E-state index contributed by atoms with van der Waals surface area (Å²) >= 11 is 0. The quantitative estimate of drug-likeness (QED) is 0.832. The number of benzene rings is 1. The first-order valence-electron chi connectivity index (χ1n) is 7.65. The number of piperidine rings is 1. The van der Waals surface area contributed by atoms with E-state index < -0.39 is 0 Å². The molecule has 1 aromatic carbocycles. The fraction of sp³-hybridized carbons (Fsp3) is 0.647. The van der Waals surface area contributed by atoms with Gasteiger partial charge in [0.1, 0.15) is 0 Å². The first kappa shape index (κ1) is 16.1. The van der Waals surface area contributed by atoms with Crippen molar-refractivity contribution in [3.05, 3.63) is 23.3 Å². The topological polar surface area (TPSA) is 24.9 Å². The van der Waals surface area contributed by atoms with Crippen molar-refractivity contribution in [1.82, 2.24) is 9.80 Å². The summed E-state index contributed by atoms with van der Waals surface area (Å²) in [4.78, 5) is 4.88. The maximum atomic E-state index is 5.43. The van der Waals surface area contributed by atoms with Crippen molar-refractivity contribution in [3.63, 3.8) is 0 Å². The van der Waals surface area contributed by atoms with E-state index in [1.54, 1.807) is 14.2 Å². The molecule has 0 radical (unpaired) electrons.